The molecule has 0 aromatic carbocycles. The summed E-state index contributed by atoms with van der Waals surface area (Å²) in [7, 11) is -1.19. The maximum atomic E-state index is 12.4. The van der Waals surface area contributed by atoms with E-state index in [4.69, 9.17) is 16.3 Å². The summed E-state index contributed by atoms with van der Waals surface area (Å²) in [6, 6.07) is 6.19. The highest BCUT2D eigenvalue weighted by atomic mass is 35.5. The summed E-state index contributed by atoms with van der Waals surface area (Å²) < 4.78 is 7.36. The molecule has 0 aliphatic carbocycles. The molecule has 0 saturated heterocycles. The van der Waals surface area contributed by atoms with Crippen LogP contribution in [0.5, 0.6) is 5.88 Å². The van der Waals surface area contributed by atoms with E-state index in [-0.39, 0.29) is 5.69 Å². The minimum Gasteiger partial charge on any atom is -0.476 e. The van der Waals surface area contributed by atoms with Crippen molar-refractivity contribution in [3.63, 3.8) is 0 Å². The topological polar surface area (TPSA) is 72.8 Å². The SMILES string of the molecule is C[Si](C)(C)CCOc1nccc2c1[nH]c(=O)n2-c1ccc(Cl)nc1. The zero-order valence-corrected chi connectivity index (χ0v) is 15.6. The van der Waals surface area contributed by atoms with Crippen LogP contribution in [0.25, 0.3) is 16.7 Å². The molecule has 0 unspecified atom stereocenters. The van der Waals surface area contributed by atoms with E-state index in [0.717, 1.165) is 6.04 Å². The lowest BCUT2D eigenvalue weighted by molar-refractivity contribution is 0.329. The standard InChI is InChI=1S/C16H19ClN4O2Si/c1-24(2,3)9-8-23-15-14-12(6-7-18-15)21(16(22)20-14)11-4-5-13(17)19-10-11/h4-7,10H,8-9H2,1-3H3,(H,20,22). The number of pyridine rings is 2. The summed E-state index contributed by atoms with van der Waals surface area (Å²) in [4.78, 5) is 23.5. The Hall–Kier alpha value is -2.12. The highest BCUT2D eigenvalue weighted by Gasteiger charge is 2.16. The largest absolute Gasteiger partial charge is 0.476 e. The second-order valence-electron chi connectivity index (χ2n) is 6.77. The molecule has 1 N–H and O–H groups in total. The molecular weight excluding hydrogens is 344 g/mol. The summed E-state index contributed by atoms with van der Waals surface area (Å²) in [5.41, 5.74) is 1.65. The number of fused-ring (bicyclic) bond motifs is 1. The van der Waals surface area contributed by atoms with Gasteiger partial charge in [-0.1, -0.05) is 31.2 Å². The summed E-state index contributed by atoms with van der Waals surface area (Å²) in [5.74, 6) is 0.448. The van der Waals surface area contributed by atoms with Gasteiger partial charge in [-0.05, 0) is 24.2 Å². The molecule has 3 rings (SSSR count). The van der Waals surface area contributed by atoms with Crippen molar-refractivity contribution in [1.82, 2.24) is 19.5 Å². The molecular formula is C16H19ClN4O2Si. The third kappa shape index (κ3) is 3.52. The van der Waals surface area contributed by atoms with Crippen LogP contribution < -0.4 is 10.4 Å². The number of H-pyrrole nitrogens is 1. The highest BCUT2D eigenvalue weighted by Crippen LogP contribution is 2.23. The Labute approximate surface area is 145 Å². The molecule has 3 aromatic heterocycles. The van der Waals surface area contributed by atoms with Gasteiger partial charge in [0.05, 0.1) is 24.0 Å². The average Bonchev–Trinajstić information content (AvgIpc) is 2.84. The van der Waals surface area contributed by atoms with E-state index in [9.17, 15) is 4.79 Å². The number of rotatable bonds is 5. The molecule has 0 radical (unpaired) electrons. The van der Waals surface area contributed by atoms with Crippen LogP contribution in [-0.4, -0.2) is 34.2 Å². The van der Waals surface area contributed by atoms with E-state index in [1.54, 1.807) is 30.6 Å². The molecule has 8 heteroatoms. The lowest BCUT2D eigenvalue weighted by atomic mass is 10.3. The van der Waals surface area contributed by atoms with Gasteiger partial charge in [-0.15, -0.1) is 0 Å². The fourth-order valence-electron chi connectivity index (χ4n) is 2.33. The lowest BCUT2D eigenvalue weighted by Gasteiger charge is -2.15. The normalized spacial score (nSPS) is 11.8. The van der Waals surface area contributed by atoms with E-state index in [2.05, 4.69) is 34.6 Å². The summed E-state index contributed by atoms with van der Waals surface area (Å²) >= 11 is 5.82. The van der Waals surface area contributed by atoms with Crippen LogP contribution in [0.4, 0.5) is 0 Å². The first-order valence-corrected chi connectivity index (χ1v) is 11.8. The number of halogens is 1. The highest BCUT2D eigenvalue weighted by molar-refractivity contribution is 6.76. The smallest absolute Gasteiger partial charge is 0.331 e. The summed E-state index contributed by atoms with van der Waals surface area (Å²) in [5, 5.41) is 0.378. The van der Waals surface area contributed by atoms with Gasteiger partial charge in [-0.3, -0.25) is 4.57 Å². The van der Waals surface area contributed by atoms with Crippen LogP contribution in [-0.2, 0) is 0 Å². The van der Waals surface area contributed by atoms with Crippen LogP contribution in [0.2, 0.25) is 30.8 Å². The van der Waals surface area contributed by atoms with Crippen molar-refractivity contribution in [2.45, 2.75) is 25.7 Å². The molecule has 0 amide bonds. The molecule has 24 heavy (non-hydrogen) atoms. The van der Waals surface area contributed by atoms with Crippen molar-refractivity contribution >= 4 is 30.7 Å². The summed E-state index contributed by atoms with van der Waals surface area (Å²) in [6.07, 6.45) is 3.20. The number of aromatic amines is 1. The van der Waals surface area contributed by atoms with Crippen molar-refractivity contribution in [2.75, 3.05) is 6.61 Å². The van der Waals surface area contributed by atoms with Gasteiger partial charge in [0.2, 0.25) is 5.88 Å². The molecule has 126 valence electrons. The number of aromatic nitrogens is 4. The minimum atomic E-state index is -1.19. The van der Waals surface area contributed by atoms with Crippen molar-refractivity contribution < 1.29 is 4.74 Å². The number of imidazole rings is 1. The molecule has 0 saturated carbocycles. The maximum Gasteiger partial charge on any atom is 0.331 e. The van der Waals surface area contributed by atoms with Gasteiger partial charge in [0.1, 0.15) is 10.7 Å². The Bertz CT molecular complexity index is 912. The fraction of sp³-hybridized carbons (Fsp3) is 0.312. The monoisotopic (exact) mass is 362 g/mol. The number of ether oxygens (including phenoxy) is 1. The molecule has 0 aliphatic heterocycles. The number of hydrogen-bond acceptors (Lipinski definition) is 4. The van der Waals surface area contributed by atoms with Gasteiger partial charge in [-0.25, -0.2) is 14.8 Å². The number of nitrogens with one attached hydrogen (secondary N) is 1. The van der Waals surface area contributed by atoms with Crippen LogP contribution in [0.3, 0.4) is 0 Å². The summed E-state index contributed by atoms with van der Waals surface area (Å²) in [6.45, 7) is 7.46. The van der Waals surface area contributed by atoms with Gasteiger partial charge in [-0.2, -0.15) is 0 Å². The zero-order valence-electron chi connectivity index (χ0n) is 13.8. The molecule has 0 fully saturated rings. The van der Waals surface area contributed by atoms with E-state index in [0.29, 0.717) is 34.4 Å². The Kier molecular flexibility index (Phi) is 4.47. The molecule has 3 heterocycles. The second kappa shape index (κ2) is 6.41. The molecule has 3 aromatic rings. The third-order valence-corrected chi connectivity index (χ3v) is 5.56. The Morgan fingerprint density at radius 2 is 2.04 bits per heavy atom. The van der Waals surface area contributed by atoms with Gasteiger partial charge in [0.15, 0.2) is 0 Å². The molecule has 0 atom stereocenters. The van der Waals surface area contributed by atoms with Crippen LogP contribution >= 0.6 is 11.6 Å². The van der Waals surface area contributed by atoms with Gasteiger partial charge in [0.25, 0.3) is 0 Å². The first-order chi connectivity index (χ1) is 11.3. The van der Waals surface area contributed by atoms with Crippen LogP contribution in [0.15, 0.2) is 35.4 Å². The fourth-order valence-corrected chi connectivity index (χ4v) is 3.16. The minimum absolute atomic E-state index is 0.267. The Morgan fingerprint density at radius 1 is 1.25 bits per heavy atom. The van der Waals surface area contributed by atoms with Crippen molar-refractivity contribution in [3.05, 3.63) is 46.2 Å². The van der Waals surface area contributed by atoms with E-state index in [1.807, 2.05) is 0 Å². The lowest BCUT2D eigenvalue weighted by Crippen LogP contribution is -2.22. The average molecular weight is 363 g/mol. The predicted octanol–water partition coefficient (Wildman–Crippen LogP) is 3.48. The van der Waals surface area contributed by atoms with Crippen molar-refractivity contribution in [1.29, 1.82) is 0 Å². The van der Waals surface area contributed by atoms with Gasteiger partial charge in [0, 0.05) is 14.3 Å². The van der Waals surface area contributed by atoms with Crippen molar-refractivity contribution in [3.8, 4) is 11.6 Å². The zero-order chi connectivity index (χ0) is 17.3. The molecule has 0 aliphatic rings. The van der Waals surface area contributed by atoms with E-state index < -0.39 is 8.07 Å². The first kappa shape index (κ1) is 16.7. The second-order valence-corrected chi connectivity index (χ2v) is 12.8. The van der Waals surface area contributed by atoms with E-state index >= 15 is 0 Å². The van der Waals surface area contributed by atoms with Crippen molar-refractivity contribution in [2.24, 2.45) is 0 Å². The maximum absolute atomic E-state index is 12.4. The molecule has 6 nitrogen and oxygen atoms in total. The third-order valence-electron chi connectivity index (χ3n) is 3.63. The predicted molar refractivity (Wildman–Crippen MR) is 98.1 cm³/mol. The number of hydrogen-bond donors (Lipinski definition) is 1. The number of nitrogens with zero attached hydrogens (tertiary/aromatic N) is 3. The van der Waals surface area contributed by atoms with Gasteiger partial charge >= 0.3 is 5.69 Å². The molecule has 0 spiro atoms. The Balaban J connectivity index is 1.99. The van der Waals surface area contributed by atoms with Crippen LogP contribution in [0, 0.1) is 0 Å². The van der Waals surface area contributed by atoms with Gasteiger partial charge < -0.3 is 9.72 Å². The Morgan fingerprint density at radius 3 is 2.71 bits per heavy atom. The quantitative estimate of drug-likeness (QED) is 0.557. The van der Waals surface area contributed by atoms with Crippen LogP contribution in [0.1, 0.15) is 0 Å². The first-order valence-electron chi connectivity index (χ1n) is 7.70. The molecule has 0 bridgehead atoms. The van der Waals surface area contributed by atoms with E-state index in [1.165, 1.54) is 4.57 Å².